The van der Waals surface area contributed by atoms with Crippen molar-refractivity contribution in [1.82, 2.24) is 16.0 Å². The summed E-state index contributed by atoms with van der Waals surface area (Å²) in [5.41, 5.74) is 0. The fourth-order valence-corrected chi connectivity index (χ4v) is 2.33. The molecule has 0 aromatic rings. The quantitative estimate of drug-likeness (QED) is 0.207. The van der Waals surface area contributed by atoms with E-state index in [4.69, 9.17) is 15.3 Å². The molecule has 9 nitrogen and oxygen atoms in total. The molecule has 0 fully saturated rings. The van der Waals surface area contributed by atoms with Gasteiger partial charge in [0.15, 0.2) is 0 Å². The van der Waals surface area contributed by atoms with Crippen LogP contribution < -0.4 is 16.0 Å². The van der Waals surface area contributed by atoms with E-state index in [0.717, 1.165) is 32.1 Å². The Hall–Kier alpha value is -1.71. The van der Waals surface area contributed by atoms with Crippen molar-refractivity contribution in [2.45, 2.75) is 51.1 Å². The number of nitrogens with one attached hydrogen (secondary N) is 3. The number of rotatable bonds is 16. The Morgan fingerprint density at radius 1 is 0.792 bits per heavy atom. The van der Waals surface area contributed by atoms with Gasteiger partial charge in [0.1, 0.15) is 0 Å². The first-order chi connectivity index (χ1) is 11.3. The maximum Gasteiger partial charge on any atom is 0.317 e. The van der Waals surface area contributed by atoms with Gasteiger partial charge in [0.05, 0.1) is 19.6 Å². The highest BCUT2D eigenvalue weighted by atomic mass is 16.4. The lowest BCUT2D eigenvalue weighted by atomic mass is 10.0. The first kappa shape index (κ1) is 22.3. The second-order valence-corrected chi connectivity index (χ2v) is 5.64. The zero-order valence-electron chi connectivity index (χ0n) is 14.1. The topological polar surface area (TPSA) is 148 Å². The van der Waals surface area contributed by atoms with Gasteiger partial charge in [0, 0.05) is 12.1 Å². The van der Waals surface area contributed by atoms with E-state index in [0.29, 0.717) is 6.54 Å². The fourth-order valence-electron chi connectivity index (χ4n) is 2.33. The van der Waals surface area contributed by atoms with Gasteiger partial charge in [-0.05, 0) is 38.6 Å². The van der Waals surface area contributed by atoms with Crippen molar-refractivity contribution in [2.75, 3.05) is 26.2 Å². The monoisotopic (exact) mass is 347 g/mol. The molecule has 0 aromatic carbocycles. The van der Waals surface area contributed by atoms with Crippen LogP contribution in [0.3, 0.4) is 0 Å². The largest absolute Gasteiger partial charge is 0.480 e. The number of carboxylic acids is 3. The van der Waals surface area contributed by atoms with Crippen LogP contribution in [0.25, 0.3) is 0 Å². The number of hydrogen-bond acceptors (Lipinski definition) is 6. The lowest BCUT2D eigenvalue weighted by Gasteiger charge is -2.22. The van der Waals surface area contributed by atoms with Crippen LogP contribution >= 0.6 is 0 Å². The molecule has 2 atom stereocenters. The van der Waals surface area contributed by atoms with Crippen molar-refractivity contribution in [3.63, 3.8) is 0 Å². The minimum atomic E-state index is -0.931. The standard InChI is InChI=1S/C15H29N3O6/c1-2-11(17-9-14(21)22)5-6-12(18-10-15(23)24)4-3-7-16-8-13(19)20/h11-12,16-18H,2-10H2,1H3,(H,19,20)(H,21,22)(H,23,24). The molecule has 0 aliphatic heterocycles. The summed E-state index contributed by atoms with van der Waals surface area (Å²) in [4.78, 5) is 31.7. The van der Waals surface area contributed by atoms with Crippen molar-refractivity contribution < 1.29 is 29.7 Å². The lowest BCUT2D eigenvalue weighted by Crippen LogP contribution is -2.38. The van der Waals surface area contributed by atoms with Crippen LogP contribution in [0.5, 0.6) is 0 Å². The Kier molecular flexibility index (Phi) is 12.7. The highest BCUT2D eigenvalue weighted by Gasteiger charge is 2.14. The second-order valence-electron chi connectivity index (χ2n) is 5.64. The summed E-state index contributed by atoms with van der Waals surface area (Å²) < 4.78 is 0. The SMILES string of the molecule is CCC(CCC(CCCNCC(=O)O)NCC(=O)O)NCC(=O)O. The van der Waals surface area contributed by atoms with Crippen molar-refractivity contribution >= 4 is 17.9 Å². The molecule has 6 N–H and O–H groups in total. The molecule has 2 unspecified atom stereocenters. The number of carbonyl (C=O) groups is 3. The normalized spacial score (nSPS) is 13.4. The molecule has 0 aliphatic rings. The van der Waals surface area contributed by atoms with E-state index in [-0.39, 0.29) is 31.7 Å². The van der Waals surface area contributed by atoms with Crippen LogP contribution in [0.1, 0.15) is 39.0 Å². The van der Waals surface area contributed by atoms with Crippen LogP contribution in [0, 0.1) is 0 Å². The highest BCUT2D eigenvalue weighted by Crippen LogP contribution is 2.09. The van der Waals surface area contributed by atoms with Crippen LogP contribution in [0.15, 0.2) is 0 Å². The highest BCUT2D eigenvalue weighted by molar-refractivity contribution is 5.69. The van der Waals surface area contributed by atoms with Crippen molar-refractivity contribution in [3.05, 3.63) is 0 Å². The Labute approximate surface area is 141 Å². The van der Waals surface area contributed by atoms with Crippen LogP contribution in [-0.2, 0) is 14.4 Å². The predicted molar refractivity (Wildman–Crippen MR) is 88.1 cm³/mol. The number of hydrogen-bond donors (Lipinski definition) is 6. The molecule has 0 saturated carbocycles. The van der Waals surface area contributed by atoms with E-state index in [1.54, 1.807) is 0 Å². The van der Waals surface area contributed by atoms with E-state index in [9.17, 15) is 14.4 Å². The zero-order chi connectivity index (χ0) is 18.4. The van der Waals surface area contributed by atoms with Crippen molar-refractivity contribution in [3.8, 4) is 0 Å². The third kappa shape index (κ3) is 13.9. The molecule has 0 rings (SSSR count). The summed E-state index contributed by atoms with van der Waals surface area (Å²) in [5, 5.41) is 34.7. The smallest absolute Gasteiger partial charge is 0.317 e. The molecule has 0 spiro atoms. The number of carboxylic acid groups (broad SMARTS) is 3. The summed E-state index contributed by atoms with van der Waals surface area (Å²) in [5.74, 6) is -2.75. The molecule has 0 radical (unpaired) electrons. The van der Waals surface area contributed by atoms with Crippen LogP contribution in [0.4, 0.5) is 0 Å². The summed E-state index contributed by atoms with van der Waals surface area (Å²) >= 11 is 0. The summed E-state index contributed by atoms with van der Waals surface area (Å²) in [6.07, 6.45) is 3.69. The zero-order valence-corrected chi connectivity index (χ0v) is 14.1. The first-order valence-electron chi connectivity index (χ1n) is 8.18. The van der Waals surface area contributed by atoms with Crippen molar-refractivity contribution in [2.24, 2.45) is 0 Å². The Balaban J connectivity index is 4.19. The summed E-state index contributed by atoms with van der Waals surface area (Å²) in [6, 6.07) is 0.0637. The third-order valence-corrected chi connectivity index (χ3v) is 3.62. The Morgan fingerprint density at radius 3 is 1.79 bits per heavy atom. The molecule has 140 valence electrons. The predicted octanol–water partition coefficient (Wildman–Crippen LogP) is -0.283. The maximum absolute atomic E-state index is 10.7. The van der Waals surface area contributed by atoms with Crippen molar-refractivity contribution in [1.29, 1.82) is 0 Å². The molecule has 0 bridgehead atoms. The molecule has 0 aromatic heterocycles. The van der Waals surface area contributed by atoms with Gasteiger partial charge in [0.25, 0.3) is 0 Å². The fraction of sp³-hybridized carbons (Fsp3) is 0.800. The van der Waals surface area contributed by atoms with Gasteiger partial charge in [-0.15, -0.1) is 0 Å². The van der Waals surface area contributed by atoms with Crippen LogP contribution in [0.2, 0.25) is 0 Å². The summed E-state index contributed by atoms with van der Waals surface area (Å²) in [6.45, 7) is 2.20. The van der Waals surface area contributed by atoms with Crippen LogP contribution in [-0.4, -0.2) is 71.5 Å². The van der Waals surface area contributed by atoms with Gasteiger partial charge < -0.3 is 31.3 Å². The summed E-state index contributed by atoms with van der Waals surface area (Å²) in [7, 11) is 0. The third-order valence-electron chi connectivity index (χ3n) is 3.62. The van der Waals surface area contributed by atoms with E-state index in [1.165, 1.54) is 0 Å². The molecular formula is C15H29N3O6. The second kappa shape index (κ2) is 13.7. The molecule has 0 heterocycles. The van der Waals surface area contributed by atoms with E-state index < -0.39 is 17.9 Å². The van der Waals surface area contributed by atoms with E-state index >= 15 is 0 Å². The first-order valence-corrected chi connectivity index (χ1v) is 8.18. The molecular weight excluding hydrogens is 318 g/mol. The van der Waals surface area contributed by atoms with E-state index in [1.807, 2.05) is 6.92 Å². The van der Waals surface area contributed by atoms with Gasteiger partial charge >= 0.3 is 17.9 Å². The van der Waals surface area contributed by atoms with Gasteiger partial charge in [-0.25, -0.2) is 0 Å². The average Bonchev–Trinajstić information content (AvgIpc) is 2.50. The van der Waals surface area contributed by atoms with Gasteiger partial charge in [-0.1, -0.05) is 6.92 Å². The molecule has 0 aliphatic carbocycles. The van der Waals surface area contributed by atoms with Gasteiger partial charge in [-0.2, -0.15) is 0 Å². The number of aliphatic carboxylic acids is 3. The van der Waals surface area contributed by atoms with Gasteiger partial charge in [-0.3, -0.25) is 14.4 Å². The minimum Gasteiger partial charge on any atom is -0.480 e. The maximum atomic E-state index is 10.7. The molecule has 0 amide bonds. The minimum absolute atomic E-state index is 0.00611. The molecule has 0 saturated heterocycles. The Morgan fingerprint density at radius 2 is 1.29 bits per heavy atom. The molecule has 9 heteroatoms. The van der Waals surface area contributed by atoms with E-state index in [2.05, 4.69) is 16.0 Å². The average molecular weight is 347 g/mol. The molecule has 24 heavy (non-hydrogen) atoms. The lowest BCUT2D eigenvalue weighted by molar-refractivity contribution is -0.137. The Bertz CT molecular complexity index is 391. The van der Waals surface area contributed by atoms with Gasteiger partial charge in [0.2, 0.25) is 0 Å².